The zero-order chi connectivity index (χ0) is 22.1. The summed E-state index contributed by atoms with van der Waals surface area (Å²) >= 11 is 0. The predicted octanol–water partition coefficient (Wildman–Crippen LogP) is 2.64. The van der Waals surface area contributed by atoms with Gasteiger partial charge in [-0.15, -0.1) is 4.72 Å². The van der Waals surface area contributed by atoms with Crippen LogP contribution in [-0.2, 0) is 26.0 Å². The fraction of sp³-hybridized carbons (Fsp3) is 0.409. The summed E-state index contributed by atoms with van der Waals surface area (Å²) in [5.74, 6) is -3.75. The number of aryl methyl sites for hydroxylation is 1. The van der Waals surface area contributed by atoms with E-state index >= 15 is 0 Å². The molecule has 3 unspecified atom stereocenters. The molecule has 0 saturated heterocycles. The molecule has 8 nitrogen and oxygen atoms in total. The van der Waals surface area contributed by atoms with Crippen molar-refractivity contribution in [2.75, 3.05) is 12.9 Å². The number of benzene rings is 2. The Morgan fingerprint density at radius 2 is 1.97 bits per heavy atom. The van der Waals surface area contributed by atoms with Crippen LogP contribution >= 0.6 is 0 Å². The first-order chi connectivity index (χ1) is 14.8. The molecule has 1 saturated carbocycles. The second-order valence-electron chi connectivity index (χ2n) is 7.75. The van der Waals surface area contributed by atoms with E-state index in [9.17, 15) is 18.3 Å². The zero-order valence-corrected chi connectivity index (χ0v) is 17.9. The van der Waals surface area contributed by atoms with Crippen LogP contribution in [0, 0.1) is 0 Å². The molecule has 2 aromatic rings. The molecular formula is C22H25NO7S. The third-order valence-corrected chi connectivity index (χ3v) is 7.07. The largest absolute Gasteiger partial charge is 0.486 e. The second-order valence-corrected chi connectivity index (χ2v) is 9.59. The Morgan fingerprint density at radius 3 is 2.68 bits per heavy atom. The number of carbonyl (C=O) groups is 1. The lowest BCUT2D eigenvalue weighted by Gasteiger charge is -2.29. The molecule has 1 aliphatic heterocycles. The average Bonchev–Trinajstić information content (AvgIpc) is 3.35. The molecule has 1 aliphatic carbocycles. The van der Waals surface area contributed by atoms with Gasteiger partial charge >= 0.3 is 11.9 Å². The second kappa shape index (κ2) is 8.49. The lowest BCUT2D eigenvalue weighted by Crippen LogP contribution is -2.60. The van der Waals surface area contributed by atoms with Gasteiger partial charge in [0, 0.05) is 18.6 Å². The number of para-hydroxylation sites is 1. The van der Waals surface area contributed by atoms with Crippen molar-refractivity contribution in [1.29, 1.82) is 0 Å². The van der Waals surface area contributed by atoms with E-state index in [4.69, 9.17) is 14.2 Å². The molecule has 0 radical (unpaired) electrons. The lowest BCUT2D eigenvalue weighted by atomic mass is 9.97. The molecule has 0 aromatic heterocycles. The van der Waals surface area contributed by atoms with E-state index in [0.29, 0.717) is 5.75 Å². The van der Waals surface area contributed by atoms with Gasteiger partial charge in [-0.05, 0) is 37.3 Å². The number of hydrogen-bond acceptors (Lipinski definition) is 6. The Bertz CT molecular complexity index is 1060. The van der Waals surface area contributed by atoms with Crippen LogP contribution in [0.25, 0.3) is 0 Å². The highest BCUT2D eigenvalue weighted by atomic mass is 32.2. The lowest BCUT2D eigenvalue weighted by molar-refractivity contribution is -0.207. The minimum atomic E-state index is -4.07. The van der Waals surface area contributed by atoms with Gasteiger partial charge in [0.1, 0.15) is 6.10 Å². The number of carboxylic acid groups (broad SMARTS) is 1. The highest BCUT2D eigenvalue weighted by molar-refractivity contribution is 7.89. The first-order valence-electron chi connectivity index (χ1n) is 10.2. The maximum atomic E-state index is 12.7. The maximum absolute atomic E-state index is 12.7. The quantitative estimate of drug-likeness (QED) is 0.569. The molecule has 2 N–H and O–H groups in total. The predicted molar refractivity (Wildman–Crippen MR) is 113 cm³/mol. The third kappa shape index (κ3) is 4.39. The van der Waals surface area contributed by atoms with Crippen LogP contribution in [0.1, 0.15) is 36.3 Å². The van der Waals surface area contributed by atoms with Gasteiger partial charge in [-0.1, -0.05) is 42.5 Å². The first kappa shape index (κ1) is 21.6. The van der Waals surface area contributed by atoms with Crippen LogP contribution in [0.2, 0.25) is 0 Å². The number of methoxy groups -OCH3 is 1. The number of hydrogen-bond donors (Lipinski definition) is 2. The Hall–Kier alpha value is -2.62. The van der Waals surface area contributed by atoms with Gasteiger partial charge in [-0.2, -0.15) is 0 Å². The number of fused-ring (bicyclic) bond motifs is 3. The SMILES string of the molecule is COC(NS(=O)(=O)CCc1ccccc1)(Oc1cccc2c1OC1CCCC21)C(=O)O. The summed E-state index contributed by atoms with van der Waals surface area (Å²) in [6.07, 6.45) is 3.21. The number of sulfonamides is 1. The van der Waals surface area contributed by atoms with Crippen LogP contribution in [-0.4, -0.2) is 44.4 Å². The Balaban J connectivity index is 1.56. The molecule has 0 bridgehead atoms. The van der Waals surface area contributed by atoms with Gasteiger partial charge in [-0.3, -0.25) is 0 Å². The molecule has 0 spiro atoms. The van der Waals surface area contributed by atoms with Gasteiger partial charge < -0.3 is 19.3 Å². The smallest absolute Gasteiger partial charge is 0.396 e. The standard InChI is InChI=1S/C22H25NO7S/c1-28-22(21(24)25,23-31(26,27)14-13-15-7-3-2-4-8-15)30-19-12-6-10-17-16-9-5-11-18(16)29-20(17)19/h2-4,6-8,10,12,16,18,23H,5,9,11,13-14H2,1H3,(H,24,25). The Labute approximate surface area is 181 Å². The number of ether oxygens (including phenoxy) is 3. The van der Waals surface area contributed by atoms with Crippen molar-refractivity contribution in [3.8, 4) is 11.5 Å². The molecule has 2 aliphatic rings. The van der Waals surface area contributed by atoms with E-state index in [2.05, 4.69) is 4.72 Å². The fourth-order valence-corrected chi connectivity index (χ4v) is 5.42. The summed E-state index contributed by atoms with van der Waals surface area (Å²) in [6.45, 7) is 0. The monoisotopic (exact) mass is 447 g/mol. The minimum absolute atomic E-state index is 0.0316. The third-order valence-electron chi connectivity index (χ3n) is 5.75. The minimum Gasteiger partial charge on any atom is -0.486 e. The Morgan fingerprint density at radius 1 is 1.19 bits per heavy atom. The van der Waals surface area contributed by atoms with E-state index in [1.54, 1.807) is 36.4 Å². The first-order valence-corrected chi connectivity index (χ1v) is 11.8. The van der Waals surface area contributed by atoms with Crippen molar-refractivity contribution in [3.63, 3.8) is 0 Å². The van der Waals surface area contributed by atoms with Crippen molar-refractivity contribution >= 4 is 16.0 Å². The highest BCUT2D eigenvalue weighted by Gasteiger charge is 2.48. The molecule has 31 heavy (non-hydrogen) atoms. The summed E-state index contributed by atoms with van der Waals surface area (Å²) in [6, 6.07) is 14.3. The number of nitrogens with one attached hydrogen (secondary N) is 1. The van der Waals surface area contributed by atoms with Gasteiger partial charge in [0.15, 0.2) is 11.5 Å². The van der Waals surface area contributed by atoms with Crippen LogP contribution in [0.15, 0.2) is 48.5 Å². The number of rotatable bonds is 9. The topological polar surface area (TPSA) is 111 Å². The summed E-state index contributed by atoms with van der Waals surface area (Å²) < 4.78 is 44.3. The molecule has 1 fully saturated rings. The van der Waals surface area contributed by atoms with E-state index in [-0.39, 0.29) is 29.9 Å². The molecule has 2 aromatic carbocycles. The van der Waals surface area contributed by atoms with Crippen molar-refractivity contribution in [3.05, 3.63) is 59.7 Å². The number of carboxylic acids is 1. The molecule has 1 heterocycles. The van der Waals surface area contributed by atoms with Gasteiger partial charge in [0.05, 0.1) is 5.75 Å². The van der Waals surface area contributed by atoms with Gasteiger partial charge in [-0.25, -0.2) is 13.2 Å². The van der Waals surface area contributed by atoms with E-state index < -0.39 is 21.9 Å². The fourth-order valence-electron chi connectivity index (χ4n) is 4.19. The van der Waals surface area contributed by atoms with Crippen molar-refractivity contribution < 1.29 is 32.5 Å². The number of aliphatic carboxylic acids is 1. The molecule has 0 amide bonds. The molecule has 9 heteroatoms. The van der Waals surface area contributed by atoms with Crippen LogP contribution in [0.5, 0.6) is 11.5 Å². The summed E-state index contributed by atoms with van der Waals surface area (Å²) in [5.41, 5.74) is 1.76. The molecule has 4 rings (SSSR count). The van der Waals surface area contributed by atoms with E-state index in [0.717, 1.165) is 37.5 Å². The van der Waals surface area contributed by atoms with Crippen LogP contribution in [0.4, 0.5) is 0 Å². The van der Waals surface area contributed by atoms with E-state index in [1.807, 2.05) is 12.1 Å². The van der Waals surface area contributed by atoms with Crippen molar-refractivity contribution in [2.45, 2.75) is 43.6 Å². The van der Waals surface area contributed by atoms with E-state index in [1.165, 1.54) is 0 Å². The zero-order valence-electron chi connectivity index (χ0n) is 17.1. The average molecular weight is 448 g/mol. The summed E-state index contributed by atoms with van der Waals surface area (Å²) in [7, 11) is -2.99. The maximum Gasteiger partial charge on any atom is 0.396 e. The molecular weight excluding hydrogens is 422 g/mol. The normalized spacial score (nSPS) is 21.6. The van der Waals surface area contributed by atoms with Gasteiger partial charge in [0.2, 0.25) is 10.0 Å². The summed E-state index contributed by atoms with van der Waals surface area (Å²) in [4.78, 5) is 12.1. The summed E-state index contributed by atoms with van der Waals surface area (Å²) in [5, 5.41) is 9.83. The highest BCUT2D eigenvalue weighted by Crippen LogP contribution is 2.51. The Kier molecular flexibility index (Phi) is 5.92. The van der Waals surface area contributed by atoms with Crippen molar-refractivity contribution in [1.82, 2.24) is 4.72 Å². The van der Waals surface area contributed by atoms with Crippen LogP contribution < -0.4 is 14.2 Å². The van der Waals surface area contributed by atoms with Gasteiger partial charge in [0.25, 0.3) is 0 Å². The molecule has 166 valence electrons. The van der Waals surface area contributed by atoms with Crippen LogP contribution in [0.3, 0.4) is 0 Å². The molecule has 3 atom stereocenters. The van der Waals surface area contributed by atoms with Crippen molar-refractivity contribution in [2.24, 2.45) is 0 Å².